The highest BCUT2D eigenvalue weighted by molar-refractivity contribution is 9.09. The second-order valence-electron chi connectivity index (χ2n) is 3.19. The summed E-state index contributed by atoms with van der Waals surface area (Å²) in [6, 6.07) is 7.94. The Bertz CT molecular complexity index is 278. The third kappa shape index (κ3) is 2.29. The van der Waals surface area contributed by atoms with Crippen LogP contribution in [0.4, 0.5) is 4.39 Å². The van der Waals surface area contributed by atoms with Gasteiger partial charge in [-0.2, -0.15) is 0 Å². The molecule has 1 aromatic rings. The molecule has 1 nitrogen and oxygen atoms in total. The van der Waals surface area contributed by atoms with Crippen molar-refractivity contribution in [3.63, 3.8) is 0 Å². The number of alkyl halides is 1. The minimum absolute atomic E-state index is 0.178. The number of epoxide rings is 1. The highest BCUT2D eigenvalue weighted by Crippen LogP contribution is 2.45. The van der Waals surface area contributed by atoms with E-state index in [9.17, 15) is 4.39 Å². The number of hydrogen-bond donors (Lipinski definition) is 0. The maximum absolute atomic E-state index is 11.9. The first-order valence-corrected chi connectivity index (χ1v) is 5.19. The fourth-order valence-electron chi connectivity index (χ4n) is 1.24. The van der Waals surface area contributed by atoms with Crippen molar-refractivity contribution in [2.75, 3.05) is 0 Å². The number of fused-ring (bicyclic) bond motifs is 1. The molecule has 1 heterocycles. The Morgan fingerprint density at radius 1 is 1.31 bits per heavy atom. The third-order valence-electron chi connectivity index (χ3n) is 2.17. The van der Waals surface area contributed by atoms with Gasteiger partial charge in [0.2, 0.25) is 0 Å². The fraction of sp³-hybridized carbons (Fsp3) is 0.400. The molecule has 2 aliphatic rings. The highest BCUT2D eigenvalue weighted by atomic mass is 79.9. The van der Waals surface area contributed by atoms with Crippen molar-refractivity contribution in [3.8, 4) is 0 Å². The summed E-state index contributed by atoms with van der Waals surface area (Å²) >= 11 is 3.44. The maximum Gasteiger partial charge on any atom is 0.123 e. The number of ether oxygens (including phenoxy) is 1. The molecule has 1 saturated heterocycles. The van der Waals surface area contributed by atoms with Crippen molar-refractivity contribution in [2.24, 2.45) is 0 Å². The first-order chi connectivity index (χ1) is 6.27. The van der Waals surface area contributed by atoms with E-state index in [1.807, 2.05) is 0 Å². The van der Waals surface area contributed by atoms with Gasteiger partial charge in [0.1, 0.15) is 5.82 Å². The Balaban J connectivity index is 0.000000101. The molecule has 3 unspecified atom stereocenters. The largest absolute Gasteiger partial charge is 0.368 e. The lowest BCUT2D eigenvalue weighted by Gasteiger charge is -2.09. The lowest BCUT2D eigenvalue weighted by atomic mass is 10.0. The predicted octanol–water partition coefficient (Wildman–Crippen LogP) is 2.75. The Hall–Kier alpha value is -0.410. The average molecular weight is 245 g/mol. The van der Waals surface area contributed by atoms with E-state index in [0.717, 1.165) is 0 Å². The summed E-state index contributed by atoms with van der Waals surface area (Å²) in [4.78, 5) is 0.697. The average Bonchev–Trinajstić information content (AvgIpc) is 2.79. The van der Waals surface area contributed by atoms with Crippen LogP contribution in [-0.2, 0) is 4.74 Å². The molecular formula is C10H10BrFO. The van der Waals surface area contributed by atoms with E-state index in [2.05, 4.69) is 15.9 Å². The Morgan fingerprint density at radius 2 is 2.00 bits per heavy atom. The quantitative estimate of drug-likeness (QED) is 0.505. The van der Waals surface area contributed by atoms with Crippen LogP contribution in [0.2, 0.25) is 0 Å². The second kappa shape index (κ2) is 3.76. The van der Waals surface area contributed by atoms with Crippen molar-refractivity contribution in [3.05, 3.63) is 36.1 Å². The van der Waals surface area contributed by atoms with Crippen LogP contribution < -0.4 is 0 Å². The zero-order valence-electron chi connectivity index (χ0n) is 6.99. The molecule has 3 heteroatoms. The summed E-state index contributed by atoms with van der Waals surface area (Å²) in [5.41, 5.74) is 0. The van der Waals surface area contributed by atoms with E-state index in [0.29, 0.717) is 17.0 Å². The van der Waals surface area contributed by atoms with Gasteiger partial charge in [0.15, 0.2) is 0 Å². The molecule has 3 atom stereocenters. The van der Waals surface area contributed by atoms with Crippen LogP contribution in [0.5, 0.6) is 0 Å². The minimum Gasteiger partial charge on any atom is -0.368 e. The van der Waals surface area contributed by atoms with E-state index in [4.69, 9.17) is 4.74 Å². The first-order valence-electron chi connectivity index (χ1n) is 4.27. The van der Waals surface area contributed by atoms with Gasteiger partial charge in [-0.3, -0.25) is 0 Å². The van der Waals surface area contributed by atoms with Crippen molar-refractivity contribution in [1.82, 2.24) is 0 Å². The van der Waals surface area contributed by atoms with Gasteiger partial charge in [0, 0.05) is 4.83 Å². The van der Waals surface area contributed by atoms with Crippen LogP contribution in [-0.4, -0.2) is 17.0 Å². The lowest BCUT2D eigenvalue weighted by Crippen LogP contribution is -2.22. The van der Waals surface area contributed by atoms with Gasteiger partial charge in [-0.1, -0.05) is 34.1 Å². The van der Waals surface area contributed by atoms with Crippen molar-refractivity contribution >= 4 is 15.9 Å². The Labute approximate surface area is 85.0 Å². The van der Waals surface area contributed by atoms with Crippen LogP contribution in [0.25, 0.3) is 0 Å². The number of benzene rings is 1. The Kier molecular flexibility index (Phi) is 2.65. The predicted molar refractivity (Wildman–Crippen MR) is 52.4 cm³/mol. The Morgan fingerprint density at radius 3 is 2.15 bits per heavy atom. The molecule has 1 aromatic carbocycles. The molecule has 2 fully saturated rings. The molecule has 0 amide bonds. The third-order valence-corrected chi connectivity index (χ3v) is 3.06. The van der Waals surface area contributed by atoms with Crippen LogP contribution >= 0.6 is 15.9 Å². The molecule has 0 N–H and O–H groups in total. The van der Waals surface area contributed by atoms with E-state index < -0.39 is 0 Å². The molecule has 0 spiro atoms. The van der Waals surface area contributed by atoms with Crippen LogP contribution in [0.15, 0.2) is 30.3 Å². The van der Waals surface area contributed by atoms with Gasteiger partial charge in [-0.25, -0.2) is 4.39 Å². The molecule has 1 aliphatic carbocycles. The lowest BCUT2D eigenvalue weighted by molar-refractivity contribution is 0.417. The van der Waals surface area contributed by atoms with Crippen LogP contribution in [0, 0.1) is 5.82 Å². The zero-order chi connectivity index (χ0) is 9.26. The van der Waals surface area contributed by atoms with Gasteiger partial charge in [-0.15, -0.1) is 0 Å². The summed E-state index contributed by atoms with van der Waals surface area (Å²) in [5, 5.41) is 0. The molecule has 1 saturated carbocycles. The monoisotopic (exact) mass is 244 g/mol. The number of halogens is 2. The van der Waals surface area contributed by atoms with Gasteiger partial charge in [-0.05, 0) is 18.6 Å². The maximum atomic E-state index is 11.9. The van der Waals surface area contributed by atoms with E-state index in [1.54, 1.807) is 18.2 Å². The minimum atomic E-state index is -0.178. The summed E-state index contributed by atoms with van der Waals surface area (Å²) in [5.74, 6) is -0.178. The van der Waals surface area contributed by atoms with Gasteiger partial charge < -0.3 is 4.74 Å². The van der Waals surface area contributed by atoms with Crippen molar-refractivity contribution < 1.29 is 9.13 Å². The van der Waals surface area contributed by atoms with E-state index >= 15 is 0 Å². The molecular weight excluding hydrogens is 235 g/mol. The summed E-state index contributed by atoms with van der Waals surface area (Å²) < 4.78 is 17.0. The van der Waals surface area contributed by atoms with Gasteiger partial charge in [0.05, 0.1) is 12.2 Å². The van der Waals surface area contributed by atoms with Crippen molar-refractivity contribution in [2.45, 2.75) is 23.5 Å². The molecule has 0 bridgehead atoms. The van der Waals surface area contributed by atoms with Crippen LogP contribution in [0.1, 0.15) is 6.42 Å². The first kappa shape index (κ1) is 9.16. The van der Waals surface area contributed by atoms with E-state index in [1.165, 1.54) is 18.6 Å². The summed E-state index contributed by atoms with van der Waals surface area (Å²) in [6.07, 6.45) is 2.52. The highest BCUT2D eigenvalue weighted by Gasteiger charge is 2.54. The molecule has 13 heavy (non-hydrogen) atoms. The molecule has 0 radical (unpaired) electrons. The fourth-order valence-corrected chi connectivity index (χ4v) is 2.07. The van der Waals surface area contributed by atoms with Gasteiger partial charge in [0.25, 0.3) is 0 Å². The number of rotatable bonds is 0. The normalized spacial score (nSPS) is 33.5. The zero-order valence-corrected chi connectivity index (χ0v) is 8.58. The van der Waals surface area contributed by atoms with Gasteiger partial charge >= 0.3 is 0 Å². The van der Waals surface area contributed by atoms with Crippen molar-refractivity contribution in [1.29, 1.82) is 0 Å². The topological polar surface area (TPSA) is 12.5 Å². The number of hydrogen-bond acceptors (Lipinski definition) is 1. The standard InChI is InChI=1S/C6H5F.C4H5BrO/c7-6-4-2-1-3-5-6;5-2-1-3-4(2)6-3/h1-5H;2-4H,1H2. The SMILES string of the molecule is BrC1CC2OC12.Fc1ccccc1. The second-order valence-corrected chi connectivity index (χ2v) is 4.36. The summed E-state index contributed by atoms with van der Waals surface area (Å²) in [7, 11) is 0. The summed E-state index contributed by atoms with van der Waals surface area (Å²) in [6.45, 7) is 0. The smallest absolute Gasteiger partial charge is 0.123 e. The molecule has 1 aliphatic heterocycles. The van der Waals surface area contributed by atoms with Crippen LogP contribution in [0.3, 0.4) is 0 Å². The molecule has 70 valence electrons. The molecule has 0 aromatic heterocycles. The van der Waals surface area contributed by atoms with E-state index in [-0.39, 0.29) is 5.82 Å². The molecule has 3 rings (SSSR count).